The largest absolute Gasteiger partial charge is 0.465 e. The quantitative estimate of drug-likeness (QED) is 0.762. The highest BCUT2D eigenvalue weighted by Crippen LogP contribution is 2.25. The Labute approximate surface area is 153 Å². The van der Waals surface area contributed by atoms with Crippen molar-refractivity contribution in [2.45, 2.75) is 19.9 Å². The van der Waals surface area contributed by atoms with Gasteiger partial charge < -0.3 is 19.2 Å². The van der Waals surface area contributed by atoms with Crippen LogP contribution in [0.25, 0.3) is 0 Å². The molecule has 0 saturated carbocycles. The van der Waals surface area contributed by atoms with Gasteiger partial charge in [0.1, 0.15) is 22.9 Å². The van der Waals surface area contributed by atoms with Gasteiger partial charge in [-0.25, -0.2) is 9.78 Å². The van der Waals surface area contributed by atoms with E-state index in [1.54, 1.807) is 25.3 Å². The van der Waals surface area contributed by atoms with Crippen molar-refractivity contribution in [1.29, 1.82) is 0 Å². The number of carbonyl (C=O) groups is 1. The van der Waals surface area contributed by atoms with Crippen molar-refractivity contribution < 1.29 is 18.7 Å². The molecule has 2 aromatic heterocycles. The van der Waals surface area contributed by atoms with Crippen LogP contribution >= 0.6 is 0 Å². The molecule has 3 heterocycles. The smallest absolute Gasteiger partial charge is 0.341 e. The van der Waals surface area contributed by atoms with Gasteiger partial charge in [-0.05, 0) is 38.1 Å². The molecule has 0 unspecified atom stereocenters. The van der Waals surface area contributed by atoms with Crippen molar-refractivity contribution in [3.8, 4) is 0 Å². The van der Waals surface area contributed by atoms with E-state index in [9.17, 15) is 4.79 Å². The zero-order valence-electron chi connectivity index (χ0n) is 15.2. The Morgan fingerprint density at radius 2 is 2.15 bits per heavy atom. The van der Waals surface area contributed by atoms with Crippen LogP contribution in [0, 0.1) is 6.92 Å². The lowest BCUT2D eigenvalue weighted by Gasteiger charge is -2.33. The molecule has 3 rings (SSSR count). The second-order valence-electron chi connectivity index (χ2n) is 6.11. The van der Waals surface area contributed by atoms with Crippen LogP contribution in [0.1, 0.15) is 34.8 Å². The summed E-state index contributed by atoms with van der Waals surface area (Å²) in [6, 6.07) is 7.45. The summed E-state index contributed by atoms with van der Waals surface area (Å²) in [6.45, 7) is 7.69. The molecule has 140 valence electrons. The highest BCUT2D eigenvalue weighted by molar-refractivity contribution is 5.94. The van der Waals surface area contributed by atoms with Crippen molar-refractivity contribution in [3.63, 3.8) is 0 Å². The van der Waals surface area contributed by atoms with Gasteiger partial charge in [-0.15, -0.1) is 0 Å². The zero-order chi connectivity index (χ0) is 18.4. The van der Waals surface area contributed by atoms with Crippen LogP contribution < -0.4 is 5.32 Å². The lowest BCUT2D eigenvalue weighted by atomic mass is 10.1. The molecule has 0 spiro atoms. The number of anilines is 1. The summed E-state index contributed by atoms with van der Waals surface area (Å²) in [5, 5.41) is 3.30. The third kappa shape index (κ3) is 4.42. The summed E-state index contributed by atoms with van der Waals surface area (Å²) in [4.78, 5) is 18.8. The maximum absolute atomic E-state index is 12.1. The number of hydrogen-bond donors (Lipinski definition) is 1. The Kier molecular flexibility index (Phi) is 6.25. The molecule has 1 aliphatic heterocycles. The molecule has 1 saturated heterocycles. The molecule has 1 N–H and O–H groups in total. The van der Waals surface area contributed by atoms with E-state index in [0.717, 1.165) is 24.6 Å². The monoisotopic (exact) mass is 359 g/mol. The Balaban J connectivity index is 1.77. The second kappa shape index (κ2) is 8.82. The van der Waals surface area contributed by atoms with Crippen LogP contribution in [0.2, 0.25) is 0 Å². The first kappa shape index (κ1) is 18.4. The summed E-state index contributed by atoms with van der Waals surface area (Å²) in [6.07, 6.45) is 1.66. The molecule has 0 bridgehead atoms. The summed E-state index contributed by atoms with van der Waals surface area (Å²) >= 11 is 0. The summed E-state index contributed by atoms with van der Waals surface area (Å²) in [5.41, 5.74) is 0.436. The minimum atomic E-state index is -0.375. The first-order valence-corrected chi connectivity index (χ1v) is 8.93. The van der Waals surface area contributed by atoms with Gasteiger partial charge in [0.25, 0.3) is 0 Å². The van der Waals surface area contributed by atoms with E-state index < -0.39 is 0 Å². The number of nitrogens with zero attached hydrogens (tertiary/aromatic N) is 2. The number of morpholine rings is 1. The predicted octanol–water partition coefficient (Wildman–Crippen LogP) is 2.65. The number of nitrogens with one attached hydrogen (secondary N) is 1. The van der Waals surface area contributed by atoms with Crippen LogP contribution in [-0.2, 0) is 9.47 Å². The number of ether oxygens (including phenoxy) is 2. The SMILES string of the molecule is CCOC(=O)c1cccnc1NC[C@H](c1ccc(C)o1)N1CCOCC1. The van der Waals surface area contributed by atoms with Gasteiger partial charge in [0.15, 0.2) is 0 Å². The summed E-state index contributed by atoms with van der Waals surface area (Å²) in [5.74, 6) is 1.92. The van der Waals surface area contributed by atoms with Gasteiger partial charge >= 0.3 is 5.97 Å². The van der Waals surface area contributed by atoms with E-state index in [1.807, 2.05) is 19.1 Å². The van der Waals surface area contributed by atoms with Crippen LogP contribution in [0.3, 0.4) is 0 Å². The maximum atomic E-state index is 12.1. The van der Waals surface area contributed by atoms with E-state index >= 15 is 0 Å². The first-order valence-electron chi connectivity index (χ1n) is 8.93. The molecule has 0 aromatic carbocycles. The third-order valence-electron chi connectivity index (χ3n) is 4.34. The van der Waals surface area contributed by atoms with Gasteiger partial charge in [0, 0.05) is 25.8 Å². The van der Waals surface area contributed by atoms with Crippen LogP contribution in [-0.4, -0.2) is 55.3 Å². The molecular weight excluding hydrogens is 334 g/mol. The standard InChI is InChI=1S/C19H25N3O4/c1-3-25-19(23)15-5-4-8-20-18(15)21-13-16(17-7-6-14(2)26-17)22-9-11-24-12-10-22/h4-8,16H,3,9-13H2,1-2H3,(H,20,21)/t16-/m1/s1. The number of aryl methyl sites for hydroxylation is 1. The van der Waals surface area contributed by atoms with E-state index in [-0.39, 0.29) is 12.0 Å². The molecule has 7 nitrogen and oxygen atoms in total. The number of rotatable bonds is 7. The van der Waals surface area contributed by atoms with Gasteiger partial charge in [0.2, 0.25) is 0 Å². The van der Waals surface area contributed by atoms with E-state index in [4.69, 9.17) is 13.9 Å². The van der Waals surface area contributed by atoms with Gasteiger partial charge in [0.05, 0.1) is 25.9 Å². The molecule has 0 amide bonds. The molecule has 1 aliphatic rings. The average Bonchev–Trinajstić information content (AvgIpc) is 3.09. The molecular formula is C19H25N3O4. The number of aromatic nitrogens is 1. The van der Waals surface area contributed by atoms with Gasteiger partial charge in [-0.3, -0.25) is 4.90 Å². The van der Waals surface area contributed by atoms with Crippen LogP contribution in [0.4, 0.5) is 5.82 Å². The fourth-order valence-corrected chi connectivity index (χ4v) is 3.04. The lowest BCUT2D eigenvalue weighted by Crippen LogP contribution is -2.41. The van der Waals surface area contributed by atoms with Crippen molar-refractivity contribution in [1.82, 2.24) is 9.88 Å². The molecule has 2 aromatic rings. The first-order chi connectivity index (χ1) is 12.7. The molecule has 1 fully saturated rings. The van der Waals surface area contributed by atoms with Crippen molar-refractivity contribution >= 4 is 11.8 Å². The number of furan rings is 1. The van der Waals surface area contributed by atoms with E-state index in [2.05, 4.69) is 15.2 Å². The van der Waals surface area contributed by atoms with Crippen molar-refractivity contribution in [2.75, 3.05) is 44.8 Å². The van der Waals surface area contributed by atoms with Crippen LogP contribution in [0.15, 0.2) is 34.9 Å². The maximum Gasteiger partial charge on any atom is 0.341 e. The Hall–Kier alpha value is -2.38. The topological polar surface area (TPSA) is 76.8 Å². The minimum absolute atomic E-state index is 0.0321. The fraction of sp³-hybridized carbons (Fsp3) is 0.474. The predicted molar refractivity (Wildman–Crippen MR) is 97.3 cm³/mol. The Morgan fingerprint density at radius 3 is 2.85 bits per heavy atom. The van der Waals surface area contributed by atoms with Gasteiger partial charge in [-0.1, -0.05) is 0 Å². The molecule has 0 aliphatic carbocycles. The second-order valence-corrected chi connectivity index (χ2v) is 6.11. The van der Waals surface area contributed by atoms with Crippen molar-refractivity contribution in [3.05, 3.63) is 47.5 Å². The number of esters is 1. The molecule has 1 atom stereocenters. The van der Waals surface area contributed by atoms with Crippen molar-refractivity contribution in [2.24, 2.45) is 0 Å². The Morgan fingerprint density at radius 1 is 1.35 bits per heavy atom. The highest BCUT2D eigenvalue weighted by atomic mass is 16.5. The number of hydrogen-bond acceptors (Lipinski definition) is 7. The lowest BCUT2D eigenvalue weighted by molar-refractivity contribution is 0.0143. The zero-order valence-corrected chi connectivity index (χ0v) is 15.2. The normalized spacial score (nSPS) is 16.2. The molecule has 26 heavy (non-hydrogen) atoms. The van der Waals surface area contributed by atoms with Gasteiger partial charge in [-0.2, -0.15) is 0 Å². The summed E-state index contributed by atoms with van der Waals surface area (Å²) < 4.78 is 16.4. The average molecular weight is 359 g/mol. The third-order valence-corrected chi connectivity index (χ3v) is 4.34. The van der Waals surface area contributed by atoms with E-state index in [1.165, 1.54) is 0 Å². The minimum Gasteiger partial charge on any atom is -0.465 e. The summed E-state index contributed by atoms with van der Waals surface area (Å²) in [7, 11) is 0. The molecule has 7 heteroatoms. The number of carbonyl (C=O) groups excluding carboxylic acids is 1. The highest BCUT2D eigenvalue weighted by Gasteiger charge is 2.26. The van der Waals surface area contributed by atoms with E-state index in [0.29, 0.717) is 37.7 Å². The Bertz CT molecular complexity index is 725. The number of pyridine rings is 1. The van der Waals surface area contributed by atoms with Crippen LogP contribution in [0.5, 0.6) is 0 Å². The fourth-order valence-electron chi connectivity index (χ4n) is 3.04. The molecule has 0 radical (unpaired) electrons.